The lowest BCUT2D eigenvalue weighted by Crippen LogP contribution is -2.11. The number of aromatic nitrogens is 1. The summed E-state index contributed by atoms with van der Waals surface area (Å²) in [5.41, 5.74) is 9.66. The largest absolute Gasteiger partial charge is 0.399 e. The van der Waals surface area contributed by atoms with E-state index in [1.54, 1.807) is 0 Å². The number of benzene rings is 1. The van der Waals surface area contributed by atoms with Crippen molar-refractivity contribution in [3.63, 3.8) is 0 Å². The lowest BCUT2D eigenvalue weighted by atomic mass is 10.1. The summed E-state index contributed by atoms with van der Waals surface area (Å²) in [4.78, 5) is 4.53. The molecule has 2 rings (SSSR count). The molecule has 4 heteroatoms. The van der Waals surface area contributed by atoms with Crippen LogP contribution in [0.3, 0.4) is 0 Å². The van der Waals surface area contributed by atoms with Crippen molar-refractivity contribution in [3.05, 3.63) is 30.0 Å². The van der Waals surface area contributed by atoms with Crippen LogP contribution in [0.2, 0.25) is 0 Å². The van der Waals surface area contributed by atoms with Gasteiger partial charge < -0.3 is 15.8 Å². The molecule has 21 heavy (non-hydrogen) atoms. The molecule has 0 fully saturated rings. The molecule has 1 heterocycles. The van der Waals surface area contributed by atoms with Crippen molar-refractivity contribution >= 4 is 22.3 Å². The molecule has 0 amide bonds. The van der Waals surface area contributed by atoms with Gasteiger partial charge in [0, 0.05) is 35.6 Å². The minimum Gasteiger partial charge on any atom is -0.399 e. The van der Waals surface area contributed by atoms with Gasteiger partial charge in [0.25, 0.3) is 0 Å². The van der Waals surface area contributed by atoms with E-state index in [0.717, 1.165) is 47.5 Å². The summed E-state index contributed by atoms with van der Waals surface area (Å²) < 4.78 is 5.63. The average molecular weight is 287 g/mol. The quantitative estimate of drug-likeness (QED) is 0.603. The molecule has 0 atom stereocenters. The molecule has 0 radical (unpaired) electrons. The number of hydrogen-bond donors (Lipinski definition) is 2. The van der Waals surface area contributed by atoms with Crippen molar-refractivity contribution in [1.29, 1.82) is 0 Å². The van der Waals surface area contributed by atoms with E-state index in [9.17, 15) is 0 Å². The molecular weight excluding hydrogens is 262 g/mol. The van der Waals surface area contributed by atoms with Crippen molar-refractivity contribution in [3.8, 4) is 0 Å². The number of aryl methyl sites for hydroxylation is 1. The van der Waals surface area contributed by atoms with Gasteiger partial charge in [0.2, 0.25) is 0 Å². The maximum atomic E-state index is 5.87. The maximum absolute atomic E-state index is 5.87. The fourth-order valence-electron chi connectivity index (χ4n) is 2.20. The normalized spacial score (nSPS) is 11.2. The van der Waals surface area contributed by atoms with Crippen LogP contribution in [0.1, 0.15) is 26.0 Å². The number of nitrogens with one attached hydrogen (secondary N) is 1. The van der Waals surface area contributed by atoms with Crippen molar-refractivity contribution in [2.45, 2.75) is 27.2 Å². The van der Waals surface area contributed by atoms with Gasteiger partial charge in [0.15, 0.2) is 0 Å². The minimum absolute atomic E-state index is 0.688. The highest BCUT2D eigenvalue weighted by molar-refractivity contribution is 5.93. The SMILES string of the molecule is Cc1cc(NCCOCCC(C)C)c2cc(N)ccc2n1. The smallest absolute Gasteiger partial charge is 0.0727 e. The maximum Gasteiger partial charge on any atom is 0.0727 e. The Bertz CT molecular complexity index is 596. The molecule has 4 nitrogen and oxygen atoms in total. The zero-order valence-electron chi connectivity index (χ0n) is 13.1. The number of pyridine rings is 1. The number of nitrogens with zero attached hydrogens (tertiary/aromatic N) is 1. The summed E-state index contributed by atoms with van der Waals surface area (Å²) in [6.45, 7) is 8.72. The van der Waals surface area contributed by atoms with Crippen LogP contribution in [0.4, 0.5) is 11.4 Å². The van der Waals surface area contributed by atoms with E-state index in [1.165, 1.54) is 0 Å². The molecule has 0 saturated heterocycles. The molecule has 0 saturated carbocycles. The first kappa shape index (κ1) is 15.6. The molecular formula is C17H25N3O. The van der Waals surface area contributed by atoms with E-state index in [1.807, 2.05) is 25.1 Å². The standard InChI is InChI=1S/C17H25N3O/c1-12(2)6-8-21-9-7-19-17-10-13(3)20-16-5-4-14(18)11-15(16)17/h4-5,10-12H,6-9,18H2,1-3H3,(H,19,20). The Labute approximate surface area is 126 Å². The van der Waals surface area contributed by atoms with Crippen LogP contribution in [0.15, 0.2) is 24.3 Å². The second-order valence-corrected chi connectivity index (χ2v) is 5.81. The van der Waals surface area contributed by atoms with Crippen LogP contribution in [0.5, 0.6) is 0 Å². The van der Waals surface area contributed by atoms with E-state index in [0.29, 0.717) is 12.5 Å². The fourth-order valence-corrected chi connectivity index (χ4v) is 2.20. The lowest BCUT2D eigenvalue weighted by Gasteiger charge is -2.12. The zero-order valence-corrected chi connectivity index (χ0v) is 13.1. The van der Waals surface area contributed by atoms with E-state index < -0.39 is 0 Å². The van der Waals surface area contributed by atoms with Crippen LogP contribution in [0, 0.1) is 12.8 Å². The number of ether oxygens (including phenoxy) is 1. The van der Waals surface area contributed by atoms with Gasteiger partial charge >= 0.3 is 0 Å². The summed E-state index contributed by atoms with van der Waals surface area (Å²) in [5, 5.41) is 4.48. The third kappa shape index (κ3) is 4.60. The molecule has 0 aliphatic carbocycles. The highest BCUT2D eigenvalue weighted by atomic mass is 16.5. The fraction of sp³-hybridized carbons (Fsp3) is 0.471. The zero-order chi connectivity index (χ0) is 15.2. The second-order valence-electron chi connectivity index (χ2n) is 5.81. The Morgan fingerprint density at radius 1 is 1.24 bits per heavy atom. The van der Waals surface area contributed by atoms with Gasteiger partial charge in [-0.1, -0.05) is 13.8 Å². The predicted octanol–water partition coefficient (Wildman–Crippen LogP) is 3.60. The summed E-state index contributed by atoms with van der Waals surface area (Å²) >= 11 is 0. The van der Waals surface area contributed by atoms with E-state index in [-0.39, 0.29) is 0 Å². The van der Waals surface area contributed by atoms with Gasteiger partial charge in [-0.25, -0.2) is 0 Å². The Balaban J connectivity index is 1.96. The molecule has 0 aliphatic rings. The van der Waals surface area contributed by atoms with Crippen LogP contribution < -0.4 is 11.1 Å². The van der Waals surface area contributed by atoms with Gasteiger partial charge in [-0.3, -0.25) is 4.98 Å². The number of hydrogen-bond acceptors (Lipinski definition) is 4. The first-order valence-corrected chi connectivity index (χ1v) is 7.55. The van der Waals surface area contributed by atoms with Crippen LogP contribution in [-0.2, 0) is 4.74 Å². The second kappa shape index (κ2) is 7.27. The summed E-state index contributed by atoms with van der Waals surface area (Å²) in [5.74, 6) is 0.688. The van der Waals surface area contributed by atoms with E-state index >= 15 is 0 Å². The molecule has 1 aromatic heterocycles. The Kier molecular flexibility index (Phi) is 5.39. The van der Waals surface area contributed by atoms with Crippen molar-refractivity contribution in [2.24, 2.45) is 5.92 Å². The molecule has 0 spiro atoms. The topological polar surface area (TPSA) is 60.2 Å². The number of nitrogen functional groups attached to an aromatic ring is 1. The third-order valence-electron chi connectivity index (χ3n) is 3.36. The van der Waals surface area contributed by atoms with Gasteiger partial charge in [0.1, 0.15) is 0 Å². The summed E-state index contributed by atoms with van der Waals surface area (Å²) in [6, 6.07) is 7.86. The van der Waals surface area contributed by atoms with Crippen molar-refractivity contribution < 1.29 is 4.74 Å². The summed E-state index contributed by atoms with van der Waals surface area (Å²) in [6.07, 6.45) is 1.10. The monoisotopic (exact) mass is 287 g/mol. The molecule has 0 bridgehead atoms. The lowest BCUT2D eigenvalue weighted by molar-refractivity contribution is 0.133. The van der Waals surface area contributed by atoms with Crippen molar-refractivity contribution in [1.82, 2.24) is 4.98 Å². The molecule has 3 N–H and O–H groups in total. The van der Waals surface area contributed by atoms with Crippen LogP contribution in [-0.4, -0.2) is 24.7 Å². The highest BCUT2D eigenvalue weighted by Crippen LogP contribution is 2.25. The van der Waals surface area contributed by atoms with Gasteiger partial charge in [0.05, 0.1) is 12.1 Å². The molecule has 1 aromatic carbocycles. The van der Waals surface area contributed by atoms with Gasteiger partial charge in [-0.2, -0.15) is 0 Å². The Hall–Kier alpha value is -1.81. The average Bonchev–Trinajstić information content (AvgIpc) is 2.42. The summed E-state index contributed by atoms with van der Waals surface area (Å²) in [7, 11) is 0. The number of fused-ring (bicyclic) bond motifs is 1. The predicted molar refractivity (Wildman–Crippen MR) is 89.7 cm³/mol. The number of nitrogens with two attached hydrogens (primary N) is 1. The van der Waals surface area contributed by atoms with Crippen molar-refractivity contribution in [2.75, 3.05) is 30.8 Å². The number of rotatable bonds is 7. The van der Waals surface area contributed by atoms with Gasteiger partial charge in [-0.05, 0) is 43.5 Å². The first-order valence-electron chi connectivity index (χ1n) is 7.55. The third-order valence-corrected chi connectivity index (χ3v) is 3.36. The van der Waals surface area contributed by atoms with E-state index in [4.69, 9.17) is 10.5 Å². The minimum atomic E-state index is 0.688. The molecule has 114 valence electrons. The Morgan fingerprint density at radius 3 is 2.81 bits per heavy atom. The van der Waals surface area contributed by atoms with Gasteiger partial charge in [-0.15, -0.1) is 0 Å². The van der Waals surface area contributed by atoms with E-state index in [2.05, 4.69) is 30.2 Å². The first-order chi connectivity index (χ1) is 10.1. The molecule has 2 aromatic rings. The van der Waals surface area contributed by atoms with Crippen LogP contribution in [0.25, 0.3) is 10.9 Å². The molecule has 0 aliphatic heterocycles. The number of anilines is 2. The highest BCUT2D eigenvalue weighted by Gasteiger charge is 2.04. The Morgan fingerprint density at radius 2 is 2.05 bits per heavy atom. The van der Waals surface area contributed by atoms with Crippen LogP contribution >= 0.6 is 0 Å². The molecule has 0 unspecified atom stereocenters.